The number of hydrogen-bond acceptors (Lipinski definition) is 4. The smallest absolute Gasteiger partial charge is 0.222 e. The summed E-state index contributed by atoms with van der Waals surface area (Å²) >= 11 is 0. The van der Waals surface area contributed by atoms with E-state index in [1.807, 2.05) is 17.0 Å². The highest BCUT2D eigenvalue weighted by Gasteiger charge is 2.34. The molecule has 7 nitrogen and oxygen atoms in total. The van der Waals surface area contributed by atoms with Gasteiger partial charge in [-0.2, -0.15) is 0 Å². The van der Waals surface area contributed by atoms with Gasteiger partial charge in [-0.3, -0.25) is 9.79 Å². The van der Waals surface area contributed by atoms with Crippen molar-refractivity contribution in [1.29, 1.82) is 0 Å². The van der Waals surface area contributed by atoms with Crippen molar-refractivity contribution < 1.29 is 14.3 Å². The lowest BCUT2D eigenvalue weighted by atomic mass is 9.74. The topological polar surface area (TPSA) is 75.2 Å². The molecular weight excluding hydrogens is 404 g/mol. The Balaban J connectivity index is 1.59. The second kappa shape index (κ2) is 12.7. The van der Waals surface area contributed by atoms with Crippen molar-refractivity contribution >= 4 is 11.9 Å². The first kappa shape index (κ1) is 24.4. The molecule has 3 rings (SSSR count). The standard InChI is InChI=1S/C25H40N4O3/c1-3-26-24(27-15-7-17-29-16-6-4-5-8-23(29)30)28-20-25(13-18-32-19-14-25)21-9-11-22(31-2)12-10-21/h9-12H,3-8,13-20H2,1-2H3,(H2,26,27,28). The van der Waals surface area contributed by atoms with Crippen LogP contribution in [0, 0.1) is 0 Å². The van der Waals surface area contributed by atoms with Gasteiger partial charge in [-0.1, -0.05) is 18.6 Å². The maximum atomic E-state index is 12.2. The molecule has 1 amide bonds. The molecule has 32 heavy (non-hydrogen) atoms. The van der Waals surface area contributed by atoms with Crippen LogP contribution in [0.15, 0.2) is 29.3 Å². The van der Waals surface area contributed by atoms with E-state index in [0.29, 0.717) is 18.9 Å². The summed E-state index contributed by atoms with van der Waals surface area (Å²) in [6.07, 6.45) is 6.87. The highest BCUT2D eigenvalue weighted by atomic mass is 16.5. The molecule has 2 heterocycles. The molecule has 0 spiro atoms. The number of amides is 1. The molecule has 2 fully saturated rings. The molecule has 0 saturated carbocycles. The van der Waals surface area contributed by atoms with Crippen molar-refractivity contribution in [1.82, 2.24) is 15.5 Å². The van der Waals surface area contributed by atoms with E-state index >= 15 is 0 Å². The number of guanidine groups is 1. The molecule has 2 N–H and O–H groups in total. The zero-order valence-electron chi connectivity index (χ0n) is 19.8. The first-order valence-corrected chi connectivity index (χ1v) is 12.2. The Morgan fingerprint density at radius 1 is 1.16 bits per heavy atom. The van der Waals surface area contributed by atoms with Gasteiger partial charge in [-0.15, -0.1) is 0 Å². The predicted octanol–water partition coefficient (Wildman–Crippen LogP) is 3.09. The lowest BCUT2D eigenvalue weighted by Crippen LogP contribution is -2.42. The lowest BCUT2D eigenvalue weighted by Gasteiger charge is -2.36. The van der Waals surface area contributed by atoms with E-state index in [1.54, 1.807) is 7.11 Å². The Morgan fingerprint density at radius 2 is 1.94 bits per heavy atom. The van der Waals surface area contributed by atoms with Gasteiger partial charge >= 0.3 is 0 Å². The van der Waals surface area contributed by atoms with Gasteiger partial charge in [0.15, 0.2) is 5.96 Å². The van der Waals surface area contributed by atoms with Gasteiger partial charge in [-0.05, 0) is 56.7 Å². The van der Waals surface area contributed by atoms with Gasteiger partial charge < -0.3 is 25.0 Å². The average Bonchev–Trinajstić information content (AvgIpc) is 3.04. The molecular formula is C25H40N4O3. The minimum Gasteiger partial charge on any atom is -0.497 e. The molecule has 0 radical (unpaired) electrons. The molecule has 2 saturated heterocycles. The largest absolute Gasteiger partial charge is 0.497 e. The quantitative estimate of drug-likeness (QED) is 0.348. The number of likely N-dealkylation sites (tertiary alicyclic amines) is 1. The van der Waals surface area contributed by atoms with Gasteiger partial charge in [0.2, 0.25) is 5.91 Å². The summed E-state index contributed by atoms with van der Waals surface area (Å²) in [7, 11) is 1.70. The highest BCUT2D eigenvalue weighted by molar-refractivity contribution is 5.79. The van der Waals surface area contributed by atoms with E-state index in [4.69, 9.17) is 14.5 Å². The van der Waals surface area contributed by atoms with Crippen LogP contribution in [0.3, 0.4) is 0 Å². The fourth-order valence-corrected chi connectivity index (χ4v) is 4.57. The number of ether oxygens (including phenoxy) is 2. The van der Waals surface area contributed by atoms with Crippen molar-refractivity contribution in [3.63, 3.8) is 0 Å². The summed E-state index contributed by atoms with van der Waals surface area (Å²) in [6.45, 7) is 7.65. The number of hydrogen-bond donors (Lipinski definition) is 2. The molecule has 0 aromatic heterocycles. The molecule has 1 aromatic rings. The molecule has 7 heteroatoms. The summed E-state index contributed by atoms with van der Waals surface area (Å²) in [4.78, 5) is 19.2. The van der Waals surface area contributed by atoms with E-state index < -0.39 is 0 Å². The third-order valence-electron chi connectivity index (χ3n) is 6.60. The highest BCUT2D eigenvalue weighted by Crippen LogP contribution is 2.36. The minimum absolute atomic E-state index is 0.0225. The number of rotatable bonds is 9. The first-order chi connectivity index (χ1) is 15.7. The molecule has 0 bridgehead atoms. The minimum atomic E-state index is -0.0225. The van der Waals surface area contributed by atoms with Crippen LogP contribution in [0.25, 0.3) is 0 Å². The van der Waals surface area contributed by atoms with Crippen LogP contribution in [0.2, 0.25) is 0 Å². The van der Waals surface area contributed by atoms with E-state index in [9.17, 15) is 4.79 Å². The molecule has 2 aliphatic rings. The molecule has 0 unspecified atom stereocenters. The van der Waals surface area contributed by atoms with Crippen LogP contribution in [-0.2, 0) is 14.9 Å². The van der Waals surface area contributed by atoms with Crippen molar-refractivity contribution in [2.24, 2.45) is 4.99 Å². The average molecular weight is 445 g/mol. The summed E-state index contributed by atoms with van der Waals surface area (Å²) in [5.41, 5.74) is 1.27. The van der Waals surface area contributed by atoms with Gasteiger partial charge in [0.1, 0.15) is 5.75 Å². The molecule has 178 valence electrons. The fourth-order valence-electron chi connectivity index (χ4n) is 4.57. The molecule has 0 aliphatic carbocycles. The normalized spacial score (nSPS) is 19.4. The van der Waals surface area contributed by atoms with Crippen LogP contribution < -0.4 is 15.4 Å². The zero-order valence-corrected chi connectivity index (χ0v) is 19.8. The number of nitrogens with zero attached hydrogens (tertiary/aromatic N) is 2. The zero-order chi connectivity index (χ0) is 22.7. The molecule has 1 aromatic carbocycles. The van der Waals surface area contributed by atoms with Crippen LogP contribution in [0.4, 0.5) is 0 Å². The van der Waals surface area contributed by atoms with E-state index in [2.05, 4.69) is 29.7 Å². The van der Waals surface area contributed by atoms with Gasteiger partial charge in [0, 0.05) is 51.2 Å². The maximum Gasteiger partial charge on any atom is 0.222 e. The summed E-state index contributed by atoms with van der Waals surface area (Å²) in [5.74, 6) is 2.02. The predicted molar refractivity (Wildman–Crippen MR) is 128 cm³/mol. The number of aliphatic imine (C=N–C) groups is 1. The van der Waals surface area contributed by atoms with E-state index in [1.165, 1.54) is 12.0 Å². The Bertz CT molecular complexity index is 729. The second-order valence-corrected chi connectivity index (χ2v) is 8.79. The van der Waals surface area contributed by atoms with Gasteiger partial charge in [0.25, 0.3) is 0 Å². The van der Waals surface area contributed by atoms with Gasteiger partial charge in [0.05, 0.1) is 13.7 Å². The van der Waals surface area contributed by atoms with E-state index in [-0.39, 0.29) is 5.41 Å². The monoisotopic (exact) mass is 444 g/mol. The molecule has 0 atom stereocenters. The van der Waals surface area contributed by atoms with Crippen LogP contribution in [0.1, 0.15) is 57.4 Å². The number of benzene rings is 1. The van der Waals surface area contributed by atoms with E-state index in [0.717, 1.165) is 83.2 Å². The second-order valence-electron chi connectivity index (χ2n) is 8.79. The fraction of sp³-hybridized carbons (Fsp3) is 0.680. The summed E-state index contributed by atoms with van der Waals surface area (Å²) in [6, 6.07) is 8.39. The third-order valence-corrected chi connectivity index (χ3v) is 6.60. The first-order valence-electron chi connectivity index (χ1n) is 12.2. The van der Waals surface area contributed by atoms with Crippen molar-refractivity contribution in [2.45, 2.75) is 57.3 Å². The maximum absolute atomic E-state index is 12.2. The van der Waals surface area contributed by atoms with Crippen molar-refractivity contribution in [2.75, 3.05) is 53.0 Å². The van der Waals surface area contributed by atoms with Crippen LogP contribution >= 0.6 is 0 Å². The number of methoxy groups -OCH3 is 1. The van der Waals surface area contributed by atoms with Crippen LogP contribution in [-0.4, -0.2) is 69.8 Å². The van der Waals surface area contributed by atoms with Crippen molar-refractivity contribution in [3.8, 4) is 5.75 Å². The van der Waals surface area contributed by atoms with Crippen molar-refractivity contribution in [3.05, 3.63) is 29.8 Å². The summed E-state index contributed by atoms with van der Waals surface area (Å²) < 4.78 is 11.0. The Hall–Kier alpha value is -2.28. The Labute approximate surface area is 192 Å². The Kier molecular flexibility index (Phi) is 9.65. The molecule has 2 aliphatic heterocycles. The SMILES string of the molecule is CCNC(=NCC1(c2ccc(OC)cc2)CCOCC1)NCCCN1CCCCCC1=O. The Morgan fingerprint density at radius 3 is 2.66 bits per heavy atom. The lowest BCUT2D eigenvalue weighted by molar-refractivity contribution is -0.130. The van der Waals surface area contributed by atoms with Gasteiger partial charge in [-0.25, -0.2) is 0 Å². The third kappa shape index (κ3) is 6.86. The number of carbonyl (C=O) groups excluding carboxylic acids is 1. The summed E-state index contributed by atoms with van der Waals surface area (Å²) in [5, 5.41) is 6.84. The van der Waals surface area contributed by atoms with Crippen LogP contribution in [0.5, 0.6) is 5.75 Å². The number of carbonyl (C=O) groups is 1. The number of nitrogens with one attached hydrogen (secondary N) is 2.